The quantitative estimate of drug-likeness (QED) is 0.668. The Morgan fingerprint density at radius 2 is 1.79 bits per heavy atom. The Hall–Kier alpha value is -1.55. The molecule has 0 bridgehead atoms. The van der Waals surface area contributed by atoms with E-state index < -0.39 is 0 Å². The van der Waals surface area contributed by atoms with Crippen molar-refractivity contribution in [2.24, 2.45) is 11.3 Å². The number of benzene rings is 1. The summed E-state index contributed by atoms with van der Waals surface area (Å²) < 4.78 is 0. The molecule has 2 amide bonds. The molecule has 4 nitrogen and oxygen atoms in total. The molecular formula is C24H39N3O. The van der Waals surface area contributed by atoms with Gasteiger partial charge in [0.2, 0.25) is 0 Å². The second-order valence-corrected chi connectivity index (χ2v) is 9.49. The van der Waals surface area contributed by atoms with Crippen LogP contribution in [0.5, 0.6) is 0 Å². The molecule has 2 aliphatic carbocycles. The predicted octanol–water partition coefficient (Wildman–Crippen LogP) is 4.90. The standard InChI is InChI=1S/C24H39N3O/c1-4-17-27(3)24(21-11-6-5-7-12-21)15-13-23(2,14-16-24)19-26-22(28)25-18-20-9-8-10-20/h5-7,11-12,20H,4,8-10,13-19H2,1-3H3,(H2,25,26,28). The van der Waals surface area contributed by atoms with Gasteiger partial charge in [-0.25, -0.2) is 4.79 Å². The molecule has 0 radical (unpaired) electrons. The molecule has 0 aromatic heterocycles. The van der Waals surface area contributed by atoms with Gasteiger partial charge >= 0.3 is 6.03 Å². The molecule has 1 aromatic rings. The van der Waals surface area contributed by atoms with Crippen LogP contribution < -0.4 is 10.6 Å². The highest BCUT2D eigenvalue weighted by Crippen LogP contribution is 2.48. The molecule has 2 N–H and O–H groups in total. The largest absolute Gasteiger partial charge is 0.338 e. The normalized spacial score (nSPS) is 28.0. The number of nitrogens with one attached hydrogen (secondary N) is 2. The minimum Gasteiger partial charge on any atom is -0.338 e. The van der Waals surface area contributed by atoms with Gasteiger partial charge in [-0.05, 0) is 75.4 Å². The molecule has 3 rings (SSSR count). The van der Waals surface area contributed by atoms with Crippen LogP contribution in [0.15, 0.2) is 30.3 Å². The lowest BCUT2D eigenvalue weighted by molar-refractivity contribution is 0.0266. The van der Waals surface area contributed by atoms with E-state index in [0.717, 1.165) is 45.3 Å². The van der Waals surface area contributed by atoms with Crippen LogP contribution in [0, 0.1) is 11.3 Å². The molecule has 0 heterocycles. The number of hydrogen-bond acceptors (Lipinski definition) is 2. The molecule has 156 valence electrons. The second-order valence-electron chi connectivity index (χ2n) is 9.49. The van der Waals surface area contributed by atoms with Gasteiger partial charge in [-0.15, -0.1) is 0 Å². The Morgan fingerprint density at radius 1 is 1.11 bits per heavy atom. The molecule has 0 spiro atoms. The summed E-state index contributed by atoms with van der Waals surface area (Å²) in [6.45, 7) is 7.32. The molecule has 28 heavy (non-hydrogen) atoms. The SMILES string of the molecule is CCCN(C)C1(c2ccccc2)CCC(C)(CNC(=O)NCC2CCC2)CC1. The van der Waals surface area contributed by atoms with Gasteiger partial charge in [0.25, 0.3) is 0 Å². The number of carbonyl (C=O) groups excluding carboxylic acids is 1. The monoisotopic (exact) mass is 385 g/mol. The number of hydrogen-bond donors (Lipinski definition) is 2. The number of rotatable bonds is 8. The third-order valence-electron chi connectivity index (χ3n) is 7.34. The van der Waals surface area contributed by atoms with Gasteiger partial charge in [0.15, 0.2) is 0 Å². The molecule has 1 aromatic carbocycles. The van der Waals surface area contributed by atoms with Gasteiger partial charge in [-0.2, -0.15) is 0 Å². The summed E-state index contributed by atoms with van der Waals surface area (Å²) in [4.78, 5) is 14.8. The average molecular weight is 386 g/mol. The summed E-state index contributed by atoms with van der Waals surface area (Å²) in [5, 5.41) is 6.21. The zero-order valence-electron chi connectivity index (χ0n) is 18.1. The van der Waals surface area contributed by atoms with Crippen LogP contribution in [-0.2, 0) is 5.54 Å². The van der Waals surface area contributed by atoms with Crippen molar-refractivity contribution in [1.29, 1.82) is 0 Å². The van der Waals surface area contributed by atoms with Crippen LogP contribution in [0.2, 0.25) is 0 Å². The minimum atomic E-state index is 0.0103. The van der Waals surface area contributed by atoms with Gasteiger partial charge in [0.1, 0.15) is 0 Å². The summed E-state index contributed by atoms with van der Waals surface area (Å²) in [6, 6.07) is 11.0. The van der Waals surface area contributed by atoms with Crippen LogP contribution >= 0.6 is 0 Å². The van der Waals surface area contributed by atoms with E-state index >= 15 is 0 Å². The minimum absolute atomic E-state index is 0.0103. The summed E-state index contributed by atoms with van der Waals surface area (Å²) >= 11 is 0. The van der Waals surface area contributed by atoms with Crippen LogP contribution in [0.3, 0.4) is 0 Å². The molecule has 2 saturated carbocycles. The first-order valence-electron chi connectivity index (χ1n) is 11.3. The molecule has 2 aliphatic rings. The smallest absolute Gasteiger partial charge is 0.314 e. The molecule has 4 heteroatoms. The summed E-state index contributed by atoms with van der Waals surface area (Å²) in [5.74, 6) is 0.705. The van der Waals surface area contributed by atoms with E-state index in [0.29, 0.717) is 5.92 Å². The summed E-state index contributed by atoms with van der Waals surface area (Å²) in [5.41, 5.74) is 1.75. The number of nitrogens with zero attached hydrogens (tertiary/aromatic N) is 1. The molecule has 0 atom stereocenters. The van der Waals surface area contributed by atoms with Crippen LogP contribution in [-0.4, -0.2) is 37.6 Å². The highest BCUT2D eigenvalue weighted by atomic mass is 16.2. The number of urea groups is 1. The van der Waals surface area contributed by atoms with Crippen LogP contribution in [0.25, 0.3) is 0 Å². The van der Waals surface area contributed by atoms with E-state index in [1.165, 1.54) is 31.2 Å². The molecule has 2 fully saturated rings. The van der Waals surface area contributed by atoms with Crippen molar-refractivity contribution >= 4 is 6.03 Å². The van der Waals surface area contributed by atoms with Crippen LogP contribution in [0.4, 0.5) is 4.79 Å². The molecule has 0 aliphatic heterocycles. The first kappa shape index (κ1) is 21.2. The van der Waals surface area contributed by atoms with Gasteiger partial charge in [0, 0.05) is 18.6 Å². The van der Waals surface area contributed by atoms with Crippen molar-refractivity contribution in [2.75, 3.05) is 26.7 Å². The fourth-order valence-electron chi connectivity index (χ4n) is 4.92. The zero-order chi connectivity index (χ0) is 20.0. The van der Waals surface area contributed by atoms with Gasteiger partial charge in [0.05, 0.1) is 0 Å². The Morgan fingerprint density at radius 3 is 2.36 bits per heavy atom. The maximum absolute atomic E-state index is 12.2. The van der Waals surface area contributed by atoms with E-state index in [1.807, 2.05) is 0 Å². The van der Waals surface area contributed by atoms with Gasteiger partial charge < -0.3 is 10.6 Å². The van der Waals surface area contributed by atoms with Gasteiger partial charge in [-0.1, -0.05) is 50.6 Å². The summed E-state index contributed by atoms with van der Waals surface area (Å²) in [6.07, 6.45) is 9.60. The predicted molar refractivity (Wildman–Crippen MR) is 116 cm³/mol. The third kappa shape index (κ3) is 4.89. The van der Waals surface area contributed by atoms with E-state index in [-0.39, 0.29) is 17.0 Å². The van der Waals surface area contributed by atoms with Crippen molar-refractivity contribution < 1.29 is 4.79 Å². The van der Waals surface area contributed by atoms with E-state index in [1.54, 1.807) is 0 Å². The Kier molecular flexibility index (Phi) is 7.03. The molecule has 0 unspecified atom stereocenters. The molecule has 0 saturated heterocycles. The first-order chi connectivity index (χ1) is 13.5. The van der Waals surface area contributed by atoms with Crippen molar-refractivity contribution in [2.45, 2.75) is 70.8 Å². The van der Waals surface area contributed by atoms with Crippen LogP contribution in [0.1, 0.15) is 70.8 Å². The second kappa shape index (κ2) is 9.30. The van der Waals surface area contributed by atoms with E-state index in [2.05, 4.69) is 66.8 Å². The summed E-state index contributed by atoms with van der Waals surface area (Å²) in [7, 11) is 2.28. The maximum atomic E-state index is 12.2. The topological polar surface area (TPSA) is 44.4 Å². The highest BCUT2D eigenvalue weighted by molar-refractivity contribution is 5.73. The lowest BCUT2D eigenvalue weighted by Crippen LogP contribution is -2.51. The molecular weight excluding hydrogens is 346 g/mol. The van der Waals surface area contributed by atoms with Crippen molar-refractivity contribution in [3.8, 4) is 0 Å². The fraction of sp³-hybridized carbons (Fsp3) is 0.708. The van der Waals surface area contributed by atoms with Crippen molar-refractivity contribution in [3.63, 3.8) is 0 Å². The zero-order valence-corrected chi connectivity index (χ0v) is 18.1. The maximum Gasteiger partial charge on any atom is 0.314 e. The average Bonchev–Trinajstić information content (AvgIpc) is 2.67. The third-order valence-corrected chi connectivity index (χ3v) is 7.34. The number of carbonyl (C=O) groups is 1. The fourth-order valence-corrected chi connectivity index (χ4v) is 4.92. The highest BCUT2D eigenvalue weighted by Gasteiger charge is 2.43. The lowest BCUT2D eigenvalue weighted by Gasteiger charge is -2.50. The Balaban J connectivity index is 1.57. The first-order valence-corrected chi connectivity index (χ1v) is 11.3. The van der Waals surface area contributed by atoms with E-state index in [9.17, 15) is 4.79 Å². The van der Waals surface area contributed by atoms with Crippen molar-refractivity contribution in [3.05, 3.63) is 35.9 Å². The van der Waals surface area contributed by atoms with Crippen molar-refractivity contribution in [1.82, 2.24) is 15.5 Å². The lowest BCUT2D eigenvalue weighted by atomic mass is 9.65. The number of amides is 2. The Bertz CT molecular complexity index is 618. The van der Waals surface area contributed by atoms with E-state index in [4.69, 9.17) is 0 Å². The Labute approximate surface area is 171 Å². The van der Waals surface area contributed by atoms with Gasteiger partial charge in [-0.3, -0.25) is 4.90 Å².